The summed E-state index contributed by atoms with van der Waals surface area (Å²) < 4.78 is 1.63. The molecule has 6 heteroatoms. The average Bonchev–Trinajstić information content (AvgIpc) is 2.69. The summed E-state index contributed by atoms with van der Waals surface area (Å²) >= 11 is 1.32. The first-order valence-corrected chi connectivity index (χ1v) is 9.96. The van der Waals surface area contributed by atoms with Gasteiger partial charge in [0.2, 0.25) is 5.91 Å². The van der Waals surface area contributed by atoms with Gasteiger partial charge < -0.3 is 5.32 Å². The molecule has 3 aromatic rings. The highest BCUT2D eigenvalue weighted by atomic mass is 32.2. The fraction of sp³-hybridized carbons (Fsp3) is 0.286. The quantitative estimate of drug-likeness (QED) is 0.504. The van der Waals surface area contributed by atoms with Crippen molar-refractivity contribution in [1.29, 1.82) is 0 Å². The number of para-hydroxylation sites is 1. The number of amides is 1. The zero-order valence-electron chi connectivity index (χ0n) is 15.5. The SMILES string of the molecule is CCn1c(SC(C)C(=O)NCCc2ccccc2)nc2ccccc2c1=O. The van der Waals surface area contributed by atoms with Crippen molar-refractivity contribution < 1.29 is 4.79 Å². The average molecular weight is 382 g/mol. The Morgan fingerprint density at radius 1 is 1.15 bits per heavy atom. The fourth-order valence-electron chi connectivity index (χ4n) is 2.85. The summed E-state index contributed by atoms with van der Waals surface area (Å²) in [5.74, 6) is -0.0546. The molecule has 27 heavy (non-hydrogen) atoms. The minimum Gasteiger partial charge on any atom is -0.355 e. The largest absolute Gasteiger partial charge is 0.355 e. The van der Waals surface area contributed by atoms with Crippen molar-refractivity contribution in [3.63, 3.8) is 0 Å². The molecule has 3 rings (SSSR count). The molecule has 0 bridgehead atoms. The van der Waals surface area contributed by atoms with Crippen LogP contribution in [0.1, 0.15) is 19.4 Å². The van der Waals surface area contributed by atoms with Crippen LogP contribution in [0.3, 0.4) is 0 Å². The van der Waals surface area contributed by atoms with Crippen molar-refractivity contribution in [2.75, 3.05) is 6.54 Å². The number of thioether (sulfide) groups is 1. The van der Waals surface area contributed by atoms with E-state index in [0.29, 0.717) is 29.1 Å². The van der Waals surface area contributed by atoms with Gasteiger partial charge in [-0.3, -0.25) is 14.2 Å². The van der Waals surface area contributed by atoms with E-state index in [9.17, 15) is 9.59 Å². The van der Waals surface area contributed by atoms with E-state index in [4.69, 9.17) is 0 Å². The molecule has 1 aromatic heterocycles. The van der Waals surface area contributed by atoms with Gasteiger partial charge in [0.15, 0.2) is 5.16 Å². The summed E-state index contributed by atoms with van der Waals surface area (Å²) in [6.45, 7) is 4.84. The molecule has 2 aromatic carbocycles. The molecule has 1 atom stereocenters. The Labute approximate surface area is 162 Å². The van der Waals surface area contributed by atoms with Crippen molar-refractivity contribution in [2.24, 2.45) is 0 Å². The predicted molar refractivity (Wildman–Crippen MR) is 110 cm³/mol. The van der Waals surface area contributed by atoms with Crippen LogP contribution in [0.5, 0.6) is 0 Å². The first-order chi connectivity index (χ1) is 13.1. The number of nitrogens with zero attached hydrogens (tertiary/aromatic N) is 2. The minimum atomic E-state index is -0.341. The Hall–Kier alpha value is -2.60. The topological polar surface area (TPSA) is 64.0 Å². The standard InChI is InChI=1S/C21H23N3O2S/c1-3-24-20(26)17-11-7-8-12-18(17)23-21(24)27-15(2)19(25)22-14-13-16-9-5-4-6-10-16/h4-12,15H,3,13-14H2,1-2H3,(H,22,25). The number of nitrogens with one attached hydrogen (secondary N) is 1. The molecule has 0 saturated heterocycles. The number of fused-ring (bicyclic) bond motifs is 1. The summed E-state index contributed by atoms with van der Waals surface area (Å²) in [4.78, 5) is 29.7. The highest BCUT2D eigenvalue weighted by Gasteiger charge is 2.18. The lowest BCUT2D eigenvalue weighted by Gasteiger charge is -2.15. The number of carbonyl (C=O) groups excluding carboxylic acids is 1. The zero-order valence-corrected chi connectivity index (χ0v) is 16.3. The fourth-order valence-corrected chi connectivity index (χ4v) is 3.84. The Morgan fingerprint density at radius 3 is 2.59 bits per heavy atom. The molecular formula is C21H23N3O2S. The maximum absolute atomic E-state index is 12.7. The van der Waals surface area contributed by atoms with E-state index in [1.54, 1.807) is 10.6 Å². The number of aromatic nitrogens is 2. The minimum absolute atomic E-state index is 0.0546. The smallest absolute Gasteiger partial charge is 0.262 e. The van der Waals surface area contributed by atoms with Crippen LogP contribution >= 0.6 is 11.8 Å². The molecular weight excluding hydrogens is 358 g/mol. The van der Waals surface area contributed by atoms with E-state index in [1.807, 2.05) is 62.4 Å². The second kappa shape index (κ2) is 8.86. The Balaban J connectivity index is 1.68. The molecule has 140 valence electrons. The van der Waals surface area contributed by atoms with E-state index < -0.39 is 0 Å². The van der Waals surface area contributed by atoms with Crippen molar-refractivity contribution in [3.8, 4) is 0 Å². The van der Waals surface area contributed by atoms with Crippen LogP contribution in [0.2, 0.25) is 0 Å². The number of carbonyl (C=O) groups is 1. The van der Waals surface area contributed by atoms with E-state index in [1.165, 1.54) is 17.3 Å². The molecule has 1 heterocycles. The molecule has 0 spiro atoms. The molecule has 0 aliphatic rings. The van der Waals surface area contributed by atoms with Crippen LogP contribution in [0, 0.1) is 0 Å². The van der Waals surface area contributed by atoms with Crippen molar-refractivity contribution >= 4 is 28.6 Å². The van der Waals surface area contributed by atoms with Gasteiger partial charge in [-0.1, -0.05) is 54.2 Å². The summed E-state index contributed by atoms with van der Waals surface area (Å²) in [5, 5.41) is 3.80. The normalized spacial score (nSPS) is 12.1. The third-order valence-corrected chi connectivity index (χ3v) is 5.44. The summed E-state index contributed by atoms with van der Waals surface area (Å²) in [7, 11) is 0. The molecule has 0 fully saturated rings. The highest BCUT2D eigenvalue weighted by molar-refractivity contribution is 8.00. The third-order valence-electron chi connectivity index (χ3n) is 4.35. The lowest BCUT2D eigenvalue weighted by molar-refractivity contribution is -0.120. The highest BCUT2D eigenvalue weighted by Crippen LogP contribution is 2.22. The van der Waals surface area contributed by atoms with Gasteiger partial charge >= 0.3 is 0 Å². The number of benzene rings is 2. The zero-order chi connectivity index (χ0) is 19.2. The second-order valence-corrected chi connectivity index (χ2v) is 7.56. The number of hydrogen-bond acceptors (Lipinski definition) is 4. The molecule has 1 amide bonds. The van der Waals surface area contributed by atoms with Gasteiger partial charge in [-0.2, -0.15) is 0 Å². The Kier molecular flexibility index (Phi) is 6.29. The van der Waals surface area contributed by atoms with Crippen LogP contribution in [0.25, 0.3) is 10.9 Å². The van der Waals surface area contributed by atoms with Gasteiger partial charge in [0.25, 0.3) is 5.56 Å². The second-order valence-electron chi connectivity index (χ2n) is 6.25. The molecule has 0 radical (unpaired) electrons. The van der Waals surface area contributed by atoms with Gasteiger partial charge in [-0.15, -0.1) is 0 Å². The number of rotatable bonds is 7. The van der Waals surface area contributed by atoms with E-state index in [0.717, 1.165) is 6.42 Å². The Bertz CT molecular complexity index is 986. The molecule has 1 N–H and O–H groups in total. The van der Waals surface area contributed by atoms with Gasteiger partial charge in [0, 0.05) is 13.1 Å². The molecule has 0 aliphatic carbocycles. The third kappa shape index (κ3) is 4.57. The van der Waals surface area contributed by atoms with Crippen molar-refractivity contribution in [1.82, 2.24) is 14.9 Å². The van der Waals surface area contributed by atoms with E-state index >= 15 is 0 Å². The monoisotopic (exact) mass is 381 g/mol. The predicted octanol–water partition coefficient (Wildman–Crippen LogP) is 3.26. The van der Waals surface area contributed by atoms with Crippen molar-refractivity contribution in [3.05, 3.63) is 70.5 Å². The lowest BCUT2D eigenvalue weighted by atomic mass is 10.1. The van der Waals surface area contributed by atoms with Gasteiger partial charge in [0.1, 0.15) is 0 Å². The first kappa shape index (κ1) is 19.2. The van der Waals surface area contributed by atoms with Crippen LogP contribution in [-0.4, -0.2) is 27.3 Å². The molecule has 1 unspecified atom stereocenters. The number of hydrogen-bond donors (Lipinski definition) is 1. The van der Waals surface area contributed by atoms with Gasteiger partial charge in [0.05, 0.1) is 16.2 Å². The van der Waals surface area contributed by atoms with Crippen molar-refractivity contribution in [2.45, 2.75) is 37.2 Å². The van der Waals surface area contributed by atoms with Crippen LogP contribution in [-0.2, 0) is 17.8 Å². The van der Waals surface area contributed by atoms with Gasteiger partial charge in [-0.25, -0.2) is 4.98 Å². The van der Waals surface area contributed by atoms with Crippen LogP contribution < -0.4 is 10.9 Å². The van der Waals surface area contributed by atoms with Crippen LogP contribution in [0.4, 0.5) is 0 Å². The summed E-state index contributed by atoms with van der Waals surface area (Å²) in [5.41, 5.74) is 1.78. The Morgan fingerprint density at radius 2 is 1.85 bits per heavy atom. The van der Waals surface area contributed by atoms with E-state index in [2.05, 4.69) is 10.3 Å². The molecule has 5 nitrogen and oxygen atoms in total. The first-order valence-electron chi connectivity index (χ1n) is 9.08. The summed E-state index contributed by atoms with van der Waals surface area (Å²) in [6.07, 6.45) is 0.790. The van der Waals surface area contributed by atoms with Gasteiger partial charge in [-0.05, 0) is 38.0 Å². The molecule has 0 saturated carbocycles. The van der Waals surface area contributed by atoms with Crippen LogP contribution in [0.15, 0.2) is 64.5 Å². The molecule has 0 aliphatic heterocycles. The lowest BCUT2D eigenvalue weighted by Crippen LogP contribution is -2.33. The maximum Gasteiger partial charge on any atom is 0.262 e. The summed E-state index contributed by atoms with van der Waals surface area (Å²) in [6, 6.07) is 17.4. The maximum atomic E-state index is 12.7. The van der Waals surface area contributed by atoms with E-state index in [-0.39, 0.29) is 16.7 Å².